The summed E-state index contributed by atoms with van der Waals surface area (Å²) in [5.74, 6) is 5.87. The van der Waals surface area contributed by atoms with Gasteiger partial charge >= 0.3 is 0 Å². The molecule has 69 heavy (non-hydrogen) atoms. The van der Waals surface area contributed by atoms with Crippen LogP contribution in [0, 0.1) is 47.3 Å². The molecule has 4 fully saturated rings. The van der Waals surface area contributed by atoms with Gasteiger partial charge in [-0.05, 0) is 219 Å². The van der Waals surface area contributed by atoms with E-state index in [1.807, 2.05) is 0 Å². The van der Waals surface area contributed by atoms with Crippen LogP contribution in [0.15, 0.2) is 158 Å². The molecule has 0 aliphatic heterocycles. The number of benzene rings is 7. The maximum absolute atomic E-state index is 2.64. The highest BCUT2D eigenvalue weighted by atomic mass is 15.1. The third-order valence-electron chi connectivity index (χ3n) is 19.4. The van der Waals surface area contributed by atoms with Gasteiger partial charge in [-0.2, -0.15) is 0 Å². The van der Waals surface area contributed by atoms with Crippen LogP contribution < -0.4 is 4.90 Å². The largest absolute Gasteiger partial charge is 0.310 e. The molecule has 2 unspecified atom stereocenters. The SMILES string of the molecule is C[C@@H]1CC2C[C@H](C1)[C@@]1(c3ccccc3-c3cc(N(c4ccc(-c5ccc(C(C)(C)C)cc5)cc4)c4cccc(-c5ccc6c(c5)[C@]5(c7ccccc7-6)[C@@H]6CC(C[C@@H](C)C6)C[C@@H]5C)c4)ccc31)[C@@H](C)C2. The molecule has 7 aromatic carbocycles. The van der Waals surface area contributed by atoms with Crippen molar-refractivity contribution in [2.75, 3.05) is 4.90 Å². The molecule has 0 saturated heterocycles. The summed E-state index contributed by atoms with van der Waals surface area (Å²) in [6, 6.07) is 62.2. The molecular formula is C68H71N. The van der Waals surface area contributed by atoms with Crippen LogP contribution in [0.5, 0.6) is 0 Å². The van der Waals surface area contributed by atoms with Crippen molar-refractivity contribution in [3.8, 4) is 44.5 Å². The highest BCUT2D eigenvalue weighted by Gasteiger charge is 2.58. The molecule has 1 nitrogen and oxygen atoms in total. The maximum atomic E-state index is 2.64. The Labute approximate surface area is 413 Å². The molecule has 13 rings (SSSR count). The lowest BCUT2D eigenvalue weighted by molar-refractivity contribution is 0.0426. The number of rotatable bonds is 5. The minimum Gasteiger partial charge on any atom is -0.310 e. The van der Waals surface area contributed by atoms with Gasteiger partial charge in [-0.25, -0.2) is 0 Å². The van der Waals surface area contributed by atoms with E-state index in [0.717, 1.165) is 23.7 Å². The van der Waals surface area contributed by atoms with Crippen molar-refractivity contribution in [2.45, 2.75) is 116 Å². The highest BCUT2D eigenvalue weighted by molar-refractivity contribution is 5.89. The average Bonchev–Trinajstić information content (AvgIpc) is 3.81. The predicted octanol–water partition coefficient (Wildman–Crippen LogP) is 18.5. The monoisotopic (exact) mass is 902 g/mol. The van der Waals surface area contributed by atoms with Crippen molar-refractivity contribution >= 4 is 17.1 Å². The average molecular weight is 902 g/mol. The third-order valence-corrected chi connectivity index (χ3v) is 19.4. The molecule has 7 aromatic rings. The Bertz CT molecular complexity index is 3100. The second kappa shape index (κ2) is 15.9. The molecule has 0 radical (unpaired) electrons. The van der Waals surface area contributed by atoms with Crippen LogP contribution in [-0.4, -0.2) is 0 Å². The van der Waals surface area contributed by atoms with Crippen molar-refractivity contribution in [1.29, 1.82) is 0 Å². The molecule has 6 aliphatic carbocycles. The Balaban J connectivity index is 0.944. The van der Waals surface area contributed by atoms with Crippen LogP contribution >= 0.6 is 0 Å². The molecule has 348 valence electrons. The lowest BCUT2D eigenvalue weighted by Gasteiger charge is -2.54. The van der Waals surface area contributed by atoms with E-state index in [1.54, 1.807) is 22.3 Å². The molecule has 0 amide bonds. The van der Waals surface area contributed by atoms with Crippen LogP contribution in [0.3, 0.4) is 0 Å². The molecule has 0 heterocycles. The van der Waals surface area contributed by atoms with Crippen LogP contribution in [0.1, 0.15) is 128 Å². The molecule has 0 aromatic heterocycles. The van der Waals surface area contributed by atoms with Crippen molar-refractivity contribution in [3.05, 3.63) is 186 Å². The van der Waals surface area contributed by atoms with Crippen molar-refractivity contribution < 1.29 is 0 Å². The smallest absolute Gasteiger partial charge is 0.0468 e. The van der Waals surface area contributed by atoms with Gasteiger partial charge in [0.2, 0.25) is 0 Å². The summed E-state index contributed by atoms with van der Waals surface area (Å²) in [4.78, 5) is 2.55. The Morgan fingerprint density at radius 3 is 1.49 bits per heavy atom. The van der Waals surface area contributed by atoms with E-state index in [1.165, 1.54) is 118 Å². The molecular weight excluding hydrogens is 831 g/mol. The summed E-state index contributed by atoms with van der Waals surface area (Å²) in [6.45, 7) is 17.1. The molecule has 1 heteroatoms. The molecule has 10 atom stereocenters. The Morgan fingerprint density at radius 1 is 0.377 bits per heavy atom. The fourth-order valence-corrected chi connectivity index (χ4v) is 17.0. The summed E-state index contributed by atoms with van der Waals surface area (Å²) in [5, 5.41) is 0. The zero-order valence-electron chi connectivity index (χ0n) is 42.2. The standard InChI is InChI=1S/C68H71N/c1-42-31-46-35-44(3)67(53(33-42)37-46)63-18-11-9-16-59(63)61-41-57(28-30-64(61)67)69(55-26-21-49(22-27-55)48-19-24-52(25-20-48)66(5,6)7)56-14-12-13-50(39-56)51-23-29-60-58-15-8-10-17-62(58)68(65(60)40-51)45(4)36-47-32-43(2)34-54(68)38-47/h8-30,39-47,53-54H,31-38H2,1-7H3/t42-,43-,44+,45+,46?,47?,53+,54+,67-,68+/m1/s1. The fourth-order valence-electron chi connectivity index (χ4n) is 17.0. The summed E-state index contributed by atoms with van der Waals surface area (Å²) >= 11 is 0. The van der Waals surface area contributed by atoms with Gasteiger partial charge in [-0.1, -0.05) is 164 Å². The Hall–Kier alpha value is -5.66. The second-order valence-corrected chi connectivity index (χ2v) is 24.6. The zero-order chi connectivity index (χ0) is 47.0. The number of fused-ring (bicyclic) bond motifs is 16. The summed E-state index contributed by atoms with van der Waals surface area (Å²) < 4.78 is 0. The van der Waals surface area contributed by atoms with Crippen LogP contribution in [-0.2, 0) is 16.2 Å². The Kier molecular flexibility index (Phi) is 10.0. The first-order chi connectivity index (χ1) is 33.4. The summed E-state index contributed by atoms with van der Waals surface area (Å²) in [7, 11) is 0. The van der Waals surface area contributed by atoms with Gasteiger partial charge in [-0.3, -0.25) is 0 Å². The Morgan fingerprint density at radius 2 is 0.870 bits per heavy atom. The highest BCUT2D eigenvalue weighted by Crippen LogP contribution is 2.66. The predicted molar refractivity (Wildman–Crippen MR) is 291 cm³/mol. The van der Waals surface area contributed by atoms with Gasteiger partial charge in [0, 0.05) is 27.9 Å². The van der Waals surface area contributed by atoms with E-state index in [2.05, 4.69) is 211 Å². The van der Waals surface area contributed by atoms with Gasteiger partial charge in [-0.15, -0.1) is 0 Å². The van der Waals surface area contributed by atoms with Gasteiger partial charge in [0.15, 0.2) is 0 Å². The summed E-state index contributed by atoms with van der Waals surface area (Å²) in [6.07, 6.45) is 10.8. The molecule has 2 spiro atoms. The van der Waals surface area contributed by atoms with E-state index in [0.29, 0.717) is 23.7 Å². The van der Waals surface area contributed by atoms with Crippen molar-refractivity contribution in [2.24, 2.45) is 47.3 Å². The lowest BCUT2D eigenvalue weighted by Crippen LogP contribution is -2.49. The van der Waals surface area contributed by atoms with Crippen molar-refractivity contribution in [3.63, 3.8) is 0 Å². The number of hydrogen-bond acceptors (Lipinski definition) is 1. The number of nitrogens with zero attached hydrogens (tertiary/aromatic N) is 1. The van der Waals surface area contributed by atoms with E-state index in [4.69, 9.17) is 0 Å². The fraction of sp³-hybridized carbons (Fsp3) is 0.382. The lowest BCUT2D eigenvalue weighted by atomic mass is 9.49. The minimum atomic E-state index is 0.0655. The third kappa shape index (κ3) is 6.54. The van der Waals surface area contributed by atoms with Gasteiger partial charge < -0.3 is 4.90 Å². The molecule has 6 aliphatic rings. The zero-order valence-corrected chi connectivity index (χ0v) is 42.2. The van der Waals surface area contributed by atoms with E-state index < -0.39 is 0 Å². The van der Waals surface area contributed by atoms with Crippen LogP contribution in [0.2, 0.25) is 0 Å². The normalized spacial score (nSPS) is 29.3. The van der Waals surface area contributed by atoms with E-state index >= 15 is 0 Å². The second-order valence-electron chi connectivity index (χ2n) is 24.6. The molecule has 4 saturated carbocycles. The van der Waals surface area contributed by atoms with Gasteiger partial charge in [0.25, 0.3) is 0 Å². The molecule has 0 N–H and O–H groups in total. The van der Waals surface area contributed by atoms with Crippen LogP contribution in [0.4, 0.5) is 17.1 Å². The quantitative estimate of drug-likeness (QED) is 0.166. The first-order valence-corrected chi connectivity index (χ1v) is 27.0. The van der Waals surface area contributed by atoms with Crippen LogP contribution in [0.25, 0.3) is 44.5 Å². The van der Waals surface area contributed by atoms with Gasteiger partial charge in [0.05, 0.1) is 0 Å². The minimum absolute atomic E-state index is 0.0655. The number of anilines is 3. The topological polar surface area (TPSA) is 3.24 Å². The summed E-state index contributed by atoms with van der Waals surface area (Å²) in [5.41, 5.74) is 22.5. The first kappa shape index (κ1) is 43.4. The number of hydrogen-bond donors (Lipinski definition) is 0. The first-order valence-electron chi connectivity index (χ1n) is 27.0. The molecule has 4 bridgehead atoms. The van der Waals surface area contributed by atoms with E-state index in [9.17, 15) is 0 Å². The van der Waals surface area contributed by atoms with E-state index in [-0.39, 0.29) is 16.2 Å². The van der Waals surface area contributed by atoms with Crippen molar-refractivity contribution in [1.82, 2.24) is 0 Å². The maximum Gasteiger partial charge on any atom is 0.0468 e. The van der Waals surface area contributed by atoms with Gasteiger partial charge in [0.1, 0.15) is 0 Å².